The van der Waals surface area contributed by atoms with Crippen molar-refractivity contribution in [2.75, 3.05) is 13.1 Å². The molecule has 3 fully saturated rings. The Hall–Kier alpha value is -2.34. The minimum absolute atomic E-state index is 0.0197. The van der Waals surface area contributed by atoms with E-state index in [0.717, 1.165) is 44.0 Å². The van der Waals surface area contributed by atoms with Gasteiger partial charge in [0.05, 0.1) is 5.56 Å². The first-order valence-electron chi connectivity index (χ1n) is 9.65. The molecule has 3 heterocycles. The monoisotopic (exact) mass is 388 g/mol. The first-order valence-corrected chi connectivity index (χ1v) is 9.65. The molecule has 0 aliphatic carbocycles. The van der Waals surface area contributed by atoms with Crippen LogP contribution in [-0.4, -0.2) is 29.9 Å². The van der Waals surface area contributed by atoms with Crippen molar-refractivity contribution in [1.82, 2.24) is 4.90 Å². The number of rotatable bonds is 4. The van der Waals surface area contributed by atoms with Crippen LogP contribution in [0.1, 0.15) is 52.2 Å². The van der Waals surface area contributed by atoms with Gasteiger partial charge in [-0.3, -0.25) is 9.69 Å². The lowest BCUT2D eigenvalue weighted by Gasteiger charge is -2.49. The zero-order valence-corrected chi connectivity index (χ0v) is 15.5. The second-order valence-electron chi connectivity index (χ2n) is 7.80. The summed E-state index contributed by atoms with van der Waals surface area (Å²) in [5.74, 6) is -0.848. The number of hydrogen-bond donors (Lipinski definition) is 1. The summed E-state index contributed by atoms with van der Waals surface area (Å²) < 4.78 is 41.9. The Labute approximate surface area is 162 Å². The lowest BCUT2D eigenvalue weighted by molar-refractivity contribution is -0.138. The number of benzene rings is 2. The molecule has 28 heavy (non-hydrogen) atoms. The molecule has 3 nitrogen and oxygen atoms in total. The maximum Gasteiger partial charge on any atom is 0.416 e. The fourth-order valence-electron chi connectivity index (χ4n) is 4.96. The van der Waals surface area contributed by atoms with Crippen LogP contribution < -0.4 is 5.73 Å². The smallest absolute Gasteiger partial charge is 0.366 e. The van der Waals surface area contributed by atoms with Gasteiger partial charge in [0.25, 0.3) is 0 Å². The van der Waals surface area contributed by atoms with Crippen molar-refractivity contribution in [3.8, 4) is 0 Å². The van der Waals surface area contributed by atoms with E-state index in [9.17, 15) is 18.0 Å². The lowest BCUT2D eigenvalue weighted by atomic mass is 9.72. The van der Waals surface area contributed by atoms with Crippen molar-refractivity contribution in [3.05, 3.63) is 70.8 Å². The minimum atomic E-state index is -4.56. The number of nitrogens with zero attached hydrogens (tertiary/aromatic N) is 1. The van der Waals surface area contributed by atoms with E-state index in [-0.39, 0.29) is 17.2 Å². The number of hydrogen-bond acceptors (Lipinski definition) is 2. The van der Waals surface area contributed by atoms with Crippen molar-refractivity contribution in [2.24, 2.45) is 11.7 Å². The van der Waals surface area contributed by atoms with Gasteiger partial charge in [-0.1, -0.05) is 36.4 Å². The van der Waals surface area contributed by atoms with Crippen LogP contribution in [0, 0.1) is 5.92 Å². The molecule has 0 saturated carbocycles. The summed E-state index contributed by atoms with van der Waals surface area (Å²) in [7, 11) is 0. The summed E-state index contributed by atoms with van der Waals surface area (Å²) in [6, 6.07) is 12.9. The number of fused-ring (bicyclic) bond motifs is 3. The van der Waals surface area contributed by atoms with Gasteiger partial charge in [-0.25, -0.2) is 0 Å². The molecule has 2 N–H and O–H groups in total. The third-order valence-electron chi connectivity index (χ3n) is 6.22. The molecule has 2 aromatic carbocycles. The number of primary amides is 1. The van der Waals surface area contributed by atoms with Crippen LogP contribution in [0.2, 0.25) is 0 Å². The second kappa shape index (κ2) is 7.24. The molecule has 0 radical (unpaired) electrons. The van der Waals surface area contributed by atoms with Crippen molar-refractivity contribution in [1.29, 1.82) is 0 Å². The van der Waals surface area contributed by atoms with Gasteiger partial charge in [-0.15, -0.1) is 0 Å². The summed E-state index contributed by atoms with van der Waals surface area (Å²) in [6.07, 6.45) is -1.55. The average molecular weight is 388 g/mol. The number of piperidine rings is 3. The molecule has 0 spiro atoms. The highest BCUT2D eigenvalue weighted by Gasteiger charge is 2.44. The number of carbonyl (C=O) groups excluding carboxylic acids is 1. The minimum Gasteiger partial charge on any atom is -0.366 e. The Morgan fingerprint density at radius 2 is 1.71 bits per heavy atom. The van der Waals surface area contributed by atoms with E-state index in [1.807, 2.05) is 30.3 Å². The maximum atomic E-state index is 14.0. The van der Waals surface area contributed by atoms with Gasteiger partial charge in [0.2, 0.25) is 5.91 Å². The molecule has 3 aliphatic heterocycles. The first-order chi connectivity index (χ1) is 13.4. The summed E-state index contributed by atoms with van der Waals surface area (Å²) >= 11 is 0. The standard InChI is InChI=1S/C22H23F3N2O/c23-22(24,25)17-8-4-7-16(21(26)28)20(17)19(15-5-2-1-3-6-15)18-13-14-9-11-27(18)12-10-14/h1-8,14,18-19H,9-13H2,(H2,26,28). The van der Waals surface area contributed by atoms with E-state index < -0.39 is 23.6 Å². The Morgan fingerprint density at radius 1 is 1.04 bits per heavy atom. The van der Waals surface area contributed by atoms with Crippen LogP contribution in [0.3, 0.4) is 0 Å². The van der Waals surface area contributed by atoms with Crippen molar-refractivity contribution >= 4 is 5.91 Å². The molecule has 2 atom stereocenters. The molecule has 6 heteroatoms. The number of carbonyl (C=O) groups is 1. The third kappa shape index (κ3) is 3.41. The third-order valence-corrected chi connectivity index (χ3v) is 6.22. The molecule has 1 amide bonds. The topological polar surface area (TPSA) is 46.3 Å². The molecule has 5 rings (SSSR count). The molecule has 3 saturated heterocycles. The van der Waals surface area contributed by atoms with Gasteiger partial charge in [-0.2, -0.15) is 13.2 Å². The second-order valence-corrected chi connectivity index (χ2v) is 7.80. The average Bonchev–Trinajstić information content (AvgIpc) is 2.69. The summed E-state index contributed by atoms with van der Waals surface area (Å²) in [6.45, 7) is 1.78. The molecule has 3 aliphatic rings. The Balaban J connectivity index is 1.94. The summed E-state index contributed by atoms with van der Waals surface area (Å²) in [5.41, 5.74) is 5.54. The van der Waals surface area contributed by atoms with Crippen LogP contribution in [0.4, 0.5) is 13.2 Å². The molecule has 2 bridgehead atoms. The highest BCUT2D eigenvalue weighted by atomic mass is 19.4. The first kappa shape index (κ1) is 19.0. The SMILES string of the molecule is NC(=O)c1cccc(C(F)(F)F)c1C(c1ccccc1)C1CC2CCN1CC2. The van der Waals surface area contributed by atoms with Crippen molar-refractivity contribution in [3.63, 3.8) is 0 Å². The maximum absolute atomic E-state index is 14.0. The van der Waals surface area contributed by atoms with Crippen molar-refractivity contribution < 1.29 is 18.0 Å². The van der Waals surface area contributed by atoms with Gasteiger partial charge in [0.15, 0.2) is 0 Å². The molecule has 2 aromatic rings. The number of amides is 1. The Morgan fingerprint density at radius 3 is 2.25 bits per heavy atom. The number of nitrogens with two attached hydrogens (primary N) is 1. The largest absolute Gasteiger partial charge is 0.416 e. The predicted octanol–water partition coefficient (Wildman–Crippen LogP) is 4.42. The van der Waals surface area contributed by atoms with Gasteiger partial charge >= 0.3 is 6.18 Å². The van der Waals surface area contributed by atoms with Crippen LogP contribution in [0.15, 0.2) is 48.5 Å². The van der Waals surface area contributed by atoms with Gasteiger partial charge < -0.3 is 5.73 Å². The lowest BCUT2D eigenvalue weighted by Crippen LogP contribution is -2.51. The summed E-state index contributed by atoms with van der Waals surface area (Å²) in [4.78, 5) is 14.4. The summed E-state index contributed by atoms with van der Waals surface area (Å²) in [5, 5.41) is 0. The Bertz CT molecular complexity index is 858. The van der Waals surface area contributed by atoms with Crippen LogP contribution >= 0.6 is 0 Å². The highest BCUT2D eigenvalue weighted by molar-refractivity contribution is 5.95. The fraction of sp³-hybridized carbons (Fsp3) is 0.409. The van der Waals surface area contributed by atoms with Gasteiger partial charge in [-0.05, 0) is 61.5 Å². The number of alkyl halides is 3. The molecule has 148 valence electrons. The zero-order valence-electron chi connectivity index (χ0n) is 15.5. The molecular formula is C22H23F3N2O. The Kier molecular flexibility index (Phi) is 4.91. The molecular weight excluding hydrogens is 365 g/mol. The van der Waals surface area contributed by atoms with E-state index in [4.69, 9.17) is 5.73 Å². The molecule has 2 unspecified atom stereocenters. The van der Waals surface area contributed by atoms with Crippen LogP contribution in [-0.2, 0) is 6.18 Å². The quantitative estimate of drug-likeness (QED) is 0.843. The fourth-order valence-corrected chi connectivity index (χ4v) is 4.96. The van der Waals surface area contributed by atoms with Crippen LogP contribution in [0.5, 0.6) is 0 Å². The van der Waals surface area contributed by atoms with E-state index in [0.29, 0.717) is 5.92 Å². The predicted molar refractivity (Wildman–Crippen MR) is 101 cm³/mol. The van der Waals surface area contributed by atoms with Gasteiger partial charge in [0.1, 0.15) is 0 Å². The van der Waals surface area contributed by atoms with E-state index in [2.05, 4.69) is 4.90 Å². The van der Waals surface area contributed by atoms with E-state index in [1.165, 1.54) is 12.1 Å². The van der Waals surface area contributed by atoms with Crippen LogP contribution in [0.25, 0.3) is 0 Å². The zero-order chi connectivity index (χ0) is 19.9. The highest BCUT2D eigenvalue weighted by Crippen LogP contribution is 2.46. The van der Waals surface area contributed by atoms with Gasteiger partial charge in [0, 0.05) is 17.5 Å². The van der Waals surface area contributed by atoms with E-state index in [1.54, 1.807) is 0 Å². The van der Waals surface area contributed by atoms with Crippen molar-refractivity contribution in [2.45, 2.75) is 37.4 Å². The van der Waals surface area contributed by atoms with E-state index >= 15 is 0 Å². The normalized spacial score (nSPS) is 25.5. The number of halogens is 3. The molecule has 0 aromatic heterocycles.